The van der Waals surface area contributed by atoms with Gasteiger partial charge >= 0.3 is 6.18 Å². The Labute approximate surface area is 171 Å². The van der Waals surface area contributed by atoms with Gasteiger partial charge in [-0.2, -0.15) is 13.2 Å². The first kappa shape index (κ1) is 22.5. The Kier molecular flexibility index (Phi) is 9.13. The Morgan fingerprint density at radius 3 is 2.38 bits per heavy atom. The number of rotatable bonds is 6. The number of halogens is 4. The van der Waals surface area contributed by atoms with Crippen molar-refractivity contribution in [3.8, 4) is 5.75 Å². The fourth-order valence-corrected chi connectivity index (χ4v) is 2.65. The highest BCUT2D eigenvalue weighted by Gasteiger charge is 2.28. The molecule has 0 aliphatic heterocycles. The van der Waals surface area contributed by atoms with E-state index in [1.165, 1.54) is 12.1 Å². The number of benzene rings is 1. The molecule has 2 rings (SSSR count). The normalized spacial score (nSPS) is 11.7. The van der Waals surface area contributed by atoms with Crippen LogP contribution in [0.5, 0.6) is 5.75 Å². The number of guanidine groups is 1. The smallest absolute Gasteiger partial charge is 0.422 e. The first-order valence-electron chi connectivity index (χ1n) is 7.49. The maximum Gasteiger partial charge on any atom is 0.422 e. The molecule has 0 aliphatic rings. The minimum absolute atomic E-state index is 0. The largest absolute Gasteiger partial charge is 0.484 e. The van der Waals surface area contributed by atoms with Crippen molar-refractivity contribution in [3.63, 3.8) is 0 Å². The van der Waals surface area contributed by atoms with E-state index in [4.69, 9.17) is 0 Å². The van der Waals surface area contributed by atoms with Crippen molar-refractivity contribution in [2.45, 2.75) is 26.2 Å². The molecule has 144 valence electrons. The van der Waals surface area contributed by atoms with Gasteiger partial charge < -0.3 is 15.4 Å². The van der Waals surface area contributed by atoms with Crippen molar-refractivity contribution in [1.82, 2.24) is 15.6 Å². The van der Waals surface area contributed by atoms with Gasteiger partial charge in [0.25, 0.3) is 0 Å². The summed E-state index contributed by atoms with van der Waals surface area (Å²) in [6.45, 7) is 1.77. The molecule has 0 aliphatic carbocycles. The van der Waals surface area contributed by atoms with Gasteiger partial charge in [0, 0.05) is 18.5 Å². The summed E-state index contributed by atoms with van der Waals surface area (Å²) in [4.78, 5) is 9.46. The Bertz CT molecular complexity index is 704. The lowest BCUT2D eigenvalue weighted by molar-refractivity contribution is -0.153. The number of nitrogens with zero attached hydrogens (tertiary/aromatic N) is 2. The molecule has 1 aromatic heterocycles. The summed E-state index contributed by atoms with van der Waals surface area (Å²) < 4.78 is 41.0. The van der Waals surface area contributed by atoms with E-state index in [0.717, 1.165) is 16.1 Å². The number of thiazole rings is 1. The van der Waals surface area contributed by atoms with Crippen molar-refractivity contribution in [2.24, 2.45) is 4.99 Å². The molecule has 1 aromatic carbocycles. The van der Waals surface area contributed by atoms with Crippen LogP contribution < -0.4 is 15.4 Å². The van der Waals surface area contributed by atoms with E-state index in [-0.39, 0.29) is 29.7 Å². The standard InChI is InChI=1S/C16H19F3N4OS.HI/c1-11-14(25-10-23-11)8-22-15(20-2)21-7-12-3-5-13(6-4-12)24-9-16(17,18)19;/h3-6,10H,7-9H2,1-2H3,(H2,20,21,22);1H. The monoisotopic (exact) mass is 500 g/mol. The van der Waals surface area contributed by atoms with Crippen molar-refractivity contribution < 1.29 is 17.9 Å². The fourth-order valence-electron chi connectivity index (χ4n) is 1.93. The average Bonchev–Trinajstić information content (AvgIpc) is 2.98. The summed E-state index contributed by atoms with van der Waals surface area (Å²) in [5.41, 5.74) is 3.68. The summed E-state index contributed by atoms with van der Waals surface area (Å²) in [6, 6.07) is 6.44. The Balaban J connectivity index is 0.00000338. The predicted molar refractivity (Wildman–Crippen MR) is 107 cm³/mol. The lowest BCUT2D eigenvalue weighted by Crippen LogP contribution is -2.36. The van der Waals surface area contributed by atoms with Gasteiger partial charge in [-0.25, -0.2) is 4.98 Å². The number of alkyl halides is 3. The zero-order chi connectivity index (χ0) is 18.3. The van der Waals surface area contributed by atoms with E-state index < -0.39 is 12.8 Å². The maximum atomic E-state index is 12.1. The number of hydrogen-bond donors (Lipinski definition) is 2. The molecular formula is C16H20F3IN4OS. The molecule has 0 bridgehead atoms. The quantitative estimate of drug-likeness (QED) is 0.359. The third-order valence-electron chi connectivity index (χ3n) is 3.27. The molecular weight excluding hydrogens is 480 g/mol. The van der Waals surface area contributed by atoms with Gasteiger partial charge in [-0.1, -0.05) is 12.1 Å². The second-order valence-electron chi connectivity index (χ2n) is 5.19. The van der Waals surface area contributed by atoms with Crippen LogP contribution in [-0.4, -0.2) is 30.8 Å². The second-order valence-corrected chi connectivity index (χ2v) is 6.13. The third-order valence-corrected chi connectivity index (χ3v) is 4.21. The molecule has 0 unspecified atom stereocenters. The molecule has 26 heavy (non-hydrogen) atoms. The number of aliphatic imine (C=N–C) groups is 1. The molecule has 0 radical (unpaired) electrons. The summed E-state index contributed by atoms with van der Waals surface area (Å²) in [5, 5.41) is 6.34. The summed E-state index contributed by atoms with van der Waals surface area (Å²) in [7, 11) is 1.67. The van der Waals surface area contributed by atoms with Gasteiger partial charge in [0.05, 0.1) is 17.7 Å². The second kappa shape index (κ2) is 10.6. The third kappa shape index (κ3) is 7.77. The van der Waals surface area contributed by atoms with Crippen LogP contribution in [0.1, 0.15) is 16.1 Å². The van der Waals surface area contributed by atoms with Crippen LogP contribution in [0.2, 0.25) is 0 Å². The van der Waals surface area contributed by atoms with E-state index in [2.05, 4.69) is 25.3 Å². The van der Waals surface area contributed by atoms with E-state index in [9.17, 15) is 13.2 Å². The highest BCUT2D eigenvalue weighted by molar-refractivity contribution is 14.0. The molecule has 1 heterocycles. The highest BCUT2D eigenvalue weighted by Crippen LogP contribution is 2.18. The minimum Gasteiger partial charge on any atom is -0.484 e. The molecule has 5 nitrogen and oxygen atoms in total. The average molecular weight is 500 g/mol. The van der Waals surface area contributed by atoms with Crippen LogP contribution in [0.4, 0.5) is 13.2 Å². The Morgan fingerprint density at radius 2 is 1.85 bits per heavy atom. The molecule has 0 spiro atoms. The van der Waals surface area contributed by atoms with Crippen LogP contribution in [0.25, 0.3) is 0 Å². The van der Waals surface area contributed by atoms with E-state index in [1.54, 1.807) is 36.0 Å². The van der Waals surface area contributed by atoms with Gasteiger partial charge in [-0.15, -0.1) is 35.3 Å². The van der Waals surface area contributed by atoms with Gasteiger partial charge in [-0.05, 0) is 24.6 Å². The minimum atomic E-state index is -4.34. The number of ether oxygens (including phenoxy) is 1. The summed E-state index contributed by atoms with van der Waals surface area (Å²) in [5.74, 6) is 0.814. The maximum absolute atomic E-state index is 12.1. The van der Waals surface area contributed by atoms with Gasteiger partial charge in [0.2, 0.25) is 0 Å². The van der Waals surface area contributed by atoms with Crippen LogP contribution in [0, 0.1) is 6.92 Å². The highest BCUT2D eigenvalue weighted by atomic mass is 127. The Morgan fingerprint density at radius 1 is 1.19 bits per heavy atom. The molecule has 0 amide bonds. The van der Waals surface area contributed by atoms with Crippen molar-refractivity contribution >= 4 is 41.3 Å². The number of aryl methyl sites for hydroxylation is 1. The number of aromatic nitrogens is 1. The fraction of sp³-hybridized carbons (Fsp3) is 0.375. The van der Waals surface area contributed by atoms with Crippen LogP contribution in [0.15, 0.2) is 34.8 Å². The van der Waals surface area contributed by atoms with E-state index in [1.807, 2.05) is 6.92 Å². The molecule has 0 saturated carbocycles. The molecule has 0 saturated heterocycles. The molecule has 2 aromatic rings. The number of hydrogen-bond acceptors (Lipinski definition) is 4. The van der Waals surface area contributed by atoms with Crippen LogP contribution >= 0.6 is 35.3 Å². The lowest BCUT2D eigenvalue weighted by Gasteiger charge is -2.12. The summed E-state index contributed by atoms with van der Waals surface area (Å²) >= 11 is 1.57. The van der Waals surface area contributed by atoms with Gasteiger partial charge in [-0.3, -0.25) is 4.99 Å². The van der Waals surface area contributed by atoms with Crippen LogP contribution in [0.3, 0.4) is 0 Å². The van der Waals surface area contributed by atoms with E-state index in [0.29, 0.717) is 19.0 Å². The topological polar surface area (TPSA) is 58.5 Å². The first-order valence-corrected chi connectivity index (χ1v) is 8.37. The molecule has 10 heteroatoms. The van der Waals surface area contributed by atoms with Crippen molar-refractivity contribution in [2.75, 3.05) is 13.7 Å². The van der Waals surface area contributed by atoms with Gasteiger partial charge in [0.1, 0.15) is 5.75 Å². The van der Waals surface area contributed by atoms with Crippen molar-refractivity contribution in [3.05, 3.63) is 45.9 Å². The summed E-state index contributed by atoms with van der Waals surface area (Å²) in [6.07, 6.45) is -4.34. The molecule has 2 N–H and O–H groups in total. The molecule has 0 fully saturated rings. The van der Waals surface area contributed by atoms with Gasteiger partial charge in [0.15, 0.2) is 12.6 Å². The first-order chi connectivity index (χ1) is 11.9. The SMILES string of the molecule is CN=C(NCc1ccc(OCC(F)(F)F)cc1)NCc1scnc1C.I. The molecule has 0 atom stereocenters. The van der Waals surface area contributed by atoms with E-state index >= 15 is 0 Å². The van der Waals surface area contributed by atoms with Crippen molar-refractivity contribution in [1.29, 1.82) is 0 Å². The zero-order valence-corrected chi connectivity index (χ0v) is 17.4. The number of nitrogens with one attached hydrogen (secondary N) is 2. The van der Waals surface area contributed by atoms with Crippen LogP contribution in [-0.2, 0) is 13.1 Å². The zero-order valence-electron chi connectivity index (χ0n) is 14.3. The Hall–Kier alpha value is -1.56. The lowest BCUT2D eigenvalue weighted by atomic mass is 10.2. The predicted octanol–water partition coefficient (Wildman–Crippen LogP) is 3.88.